The summed E-state index contributed by atoms with van der Waals surface area (Å²) in [6, 6.07) is 22.9. The molecule has 0 radical (unpaired) electrons. The predicted molar refractivity (Wildman–Crippen MR) is 133 cm³/mol. The fourth-order valence-electron chi connectivity index (χ4n) is 4.48. The average Bonchev–Trinajstić information content (AvgIpc) is 3.24. The standard InChI is InChI=1S/C26H26N4O3S/c1-19-18-25(30(27-19)21-10-12-22(13-11-21)34(2,32)33)26(31)29-16-14-28(15-17-29)24-9-5-7-20-6-3-4-8-23(20)24/h3-13,18H,14-17H2,1-2H3. The third-order valence-electron chi connectivity index (χ3n) is 6.23. The Morgan fingerprint density at radius 1 is 0.882 bits per heavy atom. The molecule has 0 bridgehead atoms. The molecular weight excluding hydrogens is 448 g/mol. The van der Waals surface area contributed by atoms with Crippen LogP contribution in [-0.2, 0) is 9.84 Å². The minimum atomic E-state index is -3.29. The Labute approximate surface area is 199 Å². The van der Waals surface area contributed by atoms with Gasteiger partial charge in [0.15, 0.2) is 9.84 Å². The number of hydrogen-bond acceptors (Lipinski definition) is 5. The van der Waals surface area contributed by atoms with Crippen molar-refractivity contribution < 1.29 is 13.2 Å². The number of aryl methyl sites for hydroxylation is 1. The van der Waals surface area contributed by atoms with Crippen molar-refractivity contribution in [2.45, 2.75) is 11.8 Å². The fourth-order valence-corrected chi connectivity index (χ4v) is 5.11. The largest absolute Gasteiger partial charge is 0.367 e. The number of rotatable bonds is 4. The zero-order chi connectivity index (χ0) is 23.9. The van der Waals surface area contributed by atoms with Gasteiger partial charge in [-0.3, -0.25) is 4.79 Å². The summed E-state index contributed by atoms with van der Waals surface area (Å²) in [5.74, 6) is -0.0784. The van der Waals surface area contributed by atoms with E-state index in [-0.39, 0.29) is 10.8 Å². The molecule has 7 nitrogen and oxygen atoms in total. The molecule has 1 aliphatic rings. The molecule has 5 rings (SSSR count). The van der Waals surface area contributed by atoms with E-state index in [0.29, 0.717) is 24.5 Å². The van der Waals surface area contributed by atoms with E-state index in [0.717, 1.165) is 18.8 Å². The molecule has 174 valence electrons. The summed E-state index contributed by atoms with van der Waals surface area (Å²) < 4.78 is 25.2. The summed E-state index contributed by atoms with van der Waals surface area (Å²) in [6.07, 6.45) is 1.17. The zero-order valence-corrected chi connectivity index (χ0v) is 20.0. The first kappa shape index (κ1) is 22.2. The Morgan fingerprint density at radius 2 is 1.56 bits per heavy atom. The molecule has 2 heterocycles. The Kier molecular flexibility index (Phi) is 5.61. The van der Waals surface area contributed by atoms with E-state index in [1.54, 1.807) is 35.0 Å². The Hall–Kier alpha value is -3.65. The SMILES string of the molecule is Cc1cc(C(=O)N2CCN(c3cccc4ccccc34)CC2)n(-c2ccc(S(C)(=O)=O)cc2)n1. The summed E-state index contributed by atoms with van der Waals surface area (Å²) >= 11 is 0. The number of piperazine rings is 1. The summed E-state index contributed by atoms with van der Waals surface area (Å²) in [5.41, 5.74) is 3.04. The van der Waals surface area contributed by atoms with Gasteiger partial charge in [0.25, 0.3) is 5.91 Å². The lowest BCUT2D eigenvalue weighted by Gasteiger charge is -2.36. The lowest BCUT2D eigenvalue weighted by atomic mass is 10.1. The summed E-state index contributed by atoms with van der Waals surface area (Å²) in [4.78, 5) is 17.9. The average molecular weight is 475 g/mol. The molecule has 1 aromatic heterocycles. The van der Waals surface area contributed by atoms with E-state index in [9.17, 15) is 13.2 Å². The molecule has 1 amide bonds. The van der Waals surface area contributed by atoms with Crippen molar-refractivity contribution in [3.05, 3.63) is 84.2 Å². The maximum absolute atomic E-state index is 13.4. The van der Waals surface area contributed by atoms with E-state index >= 15 is 0 Å². The fraction of sp³-hybridized carbons (Fsp3) is 0.231. The van der Waals surface area contributed by atoms with Crippen LogP contribution in [0.3, 0.4) is 0 Å². The first-order chi connectivity index (χ1) is 16.3. The number of hydrogen-bond donors (Lipinski definition) is 0. The summed E-state index contributed by atoms with van der Waals surface area (Å²) in [6.45, 7) is 4.56. The van der Waals surface area contributed by atoms with Gasteiger partial charge < -0.3 is 9.80 Å². The monoisotopic (exact) mass is 474 g/mol. The van der Waals surface area contributed by atoms with Crippen LogP contribution in [0.5, 0.6) is 0 Å². The highest BCUT2D eigenvalue weighted by atomic mass is 32.2. The van der Waals surface area contributed by atoms with Gasteiger partial charge in [0.2, 0.25) is 0 Å². The third-order valence-corrected chi connectivity index (χ3v) is 7.36. The lowest BCUT2D eigenvalue weighted by molar-refractivity contribution is 0.0737. The van der Waals surface area contributed by atoms with Crippen LogP contribution in [0, 0.1) is 6.92 Å². The number of sulfone groups is 1. The molecule has 0 spiro atoms. The van der Waals surface area contributed by atoms with Gasteiger partial charge in [-0.15, -0.1) is 0 Å². The van der Waals surface area contributed by atoms with E-state index in [2.05, 4.69) is 46.4 Å². The minimum absolute atomic E-state index is 0.0784. The number of benzene rings is 3. The zero-order valence-electron chi connectivity index (χ0n) is 19.2. The topological polar surface area (TPSA) is 75.5 Å². The smallest absolute Gasteiger partial charge is 0.272 e. The van der Waals surface area contributed by atoms with Crippen LogP contribution >= 0.6 is 0 Å². The summed E-state index contributed by atoms with van der Waals surface area (Å²) in [5, 5.41) is 6.92. The van der Waals surface area contributed by atoms with E-state index in [1.807, 2.05) is 17.9 Å². The molecule has 0 unspecified atom stereocenters. The second-order valence-corrected chi connectivity index (χ2v) is 10.6. The summed E-state index contributed by atoms with van der Waals surface area (Å²) in [7, 11) is -3.29. The molecule has 0 atom stereocenters. The third kappa shape index (κ3) is 4.17. The first-order valence-corrected chi connectivity index (χ1v) is 13.1. The molecule has 3 aromatic carbocycles. The maximum Gasteiger partial charge on any atom is 0.272 e. The number of amides is 1. The molecule has 0 N–H and O–H groups in total. The van der Waals surface area contributed by atoms with Gasteiger partial charge in [0, 0.05) is 43.5 Å². The van der Waals surface area contributed by atoms with Crippen molar-refractivity contribution in [1.29, 1.82) is 0 Å². The Bertz CT molecular complexity index is 1460. The number of carbonyl (C=O) groups excluding carboxylic acids is 1. The Morgan fingerprint density at radius 3 is 2.26 bits per heavy atom. The minimum Gasteiger partial charge on any atom is -0.367 e. The molecule has 1 saturated heterocycles. The number of nitrogens with zero attached hydrogens (tertiary/aromatic N) is 4. The molecule has 0 aliphatic carbocycles. The van der Waals surface area contributed by atoms with Crippen LogP contribution in [0.4, 0.5) is 5.69 Å². The van der Waals surface area contributed by atoms with Gasteiger partial charge >= 0.3 is 0 Å². The van der Waals surface area contributed by atoms with Gasteiger partial charge in [0.1, 0.15) is 5.69 Å². The van der Waals surface area contributed by atoms with Gasteiger partial charge in [-0.1, -0.05) is 36.4 Å². The number of aromatic nitrogens is 2. The highest BCUT2D eigenvalue weighted by molar-refractivity contribution is 7.90. The van der Waals surface area contributed by atoms with E-state index in [1.165, 1.54) is 22.7 Å². The van der Waals surface area contributed by atoms with Gasteiger partial charge in [-0.2, -0.15) is 5.10 Å². The van der Waals surface area contributed by atoms with Crippen LogP contribution in [0.15, 0.2) is 77.7 Å². The van der Waals surface area contributed by atoms with Crippen molar-refractivity contribution in [2.75, 3.05) is 37.3 Å². The van der Waals surface area contributed by atoms with Crippen LogP contribution in [0.1, 0.15) is 16.2 Å². The molecular formula is C26H26N4O3S. The van der Waals surface area contributed by atoms with Crippen LogP contribution in [0.25, 0.3) is 16.5 Å². The number of anilines is 1. The predicted octanol–water partition coefficient (Wildman–Crippen LogP) is 3.70. The van der Waals surface area contributed by atoms with Crippen LogP contribution < -0.4 is 4.90 Å². The van der Waals surface area contributed by atoms with Crippen LogP contribution in [0.2, 0.25) is 0 Å². The first-order valence-electron chi connectivity index (χ1n) is 11.2. The van der Waals surface area contributed by atoms with Crippen LogP contribution in [-0.4, -0.2) is 61.4 Å². The van der Waals surface area contributed by atoms with Crippen molar-refractivity contribution >= 4 is 32.2 Å². The highest BCUT2D eigenvalue weighted by Gasteiger charge is 2.26. The molecule has 4 aromatic rings. The van der Waals surface area contributed by atoms with Gasteiger partial charge in [-0.25, -0.2) is 13.1 Å². The van der Waals surface area contributed by atoms with Crippen molar-refractivity contribution in [3.63, 3.8) is 0 Å². The number of carbonyl (C=O) groups is 1. The van der Waals surface area contributed by atoms with Crippen molar-refractivity contribution in [1.82, 2.24) is 14.7 Å². The van der Waals surface area contributed by atoms with Gasteiger partial charge in [0.05, 0.1) is 16.3 Å². The van der Waals surface area contributed by atoms with E-state index in [4.69, 9.17) is 0 Å². The quantitative estimate of drug-likeness (QED) is 0.451. The Balaban J connectivity index is 1.35. The molecule has 1 fully saturated rings. The lowest BCUT2D eigenvalue weighted by Crippen LogP contribution is -2.49. The van der Waals surface area contributed by atoms with Crippen molar-refractivity contribution in [2.24, 2.45) is 0 Å². The van der Waals surface area contributed by atoms with Crippen molar-refractivity contribution in [3.8, 4) is 5.69 Å². The van der Waals surface area contributed by atoms with Gasteiger partial charge in [-0.05, 0) is 48.7 Å². The molecule has 1 aliphatic heterocycles. The van der Waals surface area contributed by atoms with E-state index < -0.39 is 9.84 Å². The second kappa shape index (κ2) is 8.61. The molecule has 34 heavy (non-hydrogen) atoms. The molecule has 8 heteroatoms. The second-order valence-electron chi connectivity index (χ2n) is 8.63. The normalized spacial score (nSPS) is 14.5. The maximum atomic E-state index is 13.4. The number of fused-ring (bicyclic) bond motifs is 1. The molecule has 0 saturated carbocycles. The highest BCUT2D eigenvalue weighted by Crippen LogP contribution is 2.28.